The van der Waals surface area contributed by atoms with Crippen molar-refractivity contribution in [2.75, 3.05) is 6.61 Å². The van der Waals surface area contributed by atoms with Gasteiger partial charge in [-0.15, -0.1) is 11.3 Å². The predicted octanol–water partition coefficient (Wildman–Crippen LogP) is 2.75. The fourth-order valence-corrected chi connectivity index (χ4v) is 3.22. The summed E-state index contributed by atoms with van der Waals surface area (Å²) >= 11 is 1.43. The summed E-state index contributed by atoms with van der Waals surface area (Å²) in [5, 5.41) is 0. The Morgan fingerprint density at radius 2 is 2.19 bits per heavy atom. The summed E-state index contributed by atoms with van der Waals surface area (Å²) in [7, 11) is 0. The fraction of sp³-hybridized carbons (Fsp3) is 0.500. The zero-order chi connectivity index (χ0) is 11.7. The average molecular weight is 238 g/mol. The summed E-state index contributed by atoms with van der Waals surface area (Å²) in [4.78, 5) is 25.1. The van der Waals surface area contributed by atoms with Crippen molar-refractivity contribution in [3.05, 3.63) is 20.9 Å². The van der Waals surface area contributed by atoms with E-state index in [9.17, 15) is 9.59 Å². The maximum Gasteiger partial charge on any atom is 0.339 e. The van der Waals surface area contributed by atoms with Crippen molar-refractivity contribution in [1.82, 2.24) is 0 Å². The van der Waals surface area contributed by atoms with E-state index in [2.05, 4.69) is 0 Å². The summed E-state index contributed by atoms with van der Waals surface area (Å²) in [6.45, 7) is 4.04. The Labute approximate surface area is 98.4 Å². The molecule has 0 saturated heterocycles. The standard InChI is InChI=1S/C12H14O3S/c1-3-15-12(14)10-7(2)16-11-8(10)5-4-6-9(11)13/h3-6H2,1-2H3. The van der Waals surface area contributed by atoms with Gasteiger partial charge in [0.15, 0.2) is 5.78 Å². The van der Waals surface area contributed by atoms with Gasteiger partial charge in [0.05, 0.1) is 17.0 Å². The molecule has 16 heavy (non-hydrogen) atoms. The first kappa shape index (κ1) is 11.3. The molecule has 0 saturated carbocycles. The Bertz CT molecular complexity index is 445. The van der Waals surface area contributed by atoms with Crippen molar-refractivity contribution in [3.63, 3.8) is 0 Å². The van der Waals surface area contributed by atoms with Gasteiger partial charge in [0.1, 0.15) is 0 Å². The molecule has 1 aliphatic rings. The molecule has 3 nitrogen and oxygen atoms in total. The zero-order valence-corrected chi connectivity index (χ0v) is 10.3. The lowest BCUT2D eigenvalue weighted by molar-refractivity contribution is 0.0525. The molecule has 1 aromatic rings. The van der Waals surface area contributed by atoms with Crippen LogP contribution in [0.1, 0.15) is 50.2 Å². The van der Waals surface area contributed by atoms with E-state index in [1.807, 2.05) is 6.92 Å². The van der Waals surface area contributed by atoms with Crippen LogP contribution in [0.25, 0.3) is 0 Å². The minimum Gasteiger partial charge on any atom is -0.462 e. The van der Waals surface area contributed by atoms with Crippen molar-refractivity contribution in [1.29, 1.82) is 0 Å². The summed E-state index contributed by atoms with van der Waals surface area (Å²) in [6, 6.07) is 0. The van der Waals surface area contributed by atoms with Gasteiger partial charge >= 0.3 is 5.97 Å². The molecule has 0 bridgehead atoms. The molecular weight excluding hydrogens is 224 g/mol. The van der Waals surface area contributed by atoms with Crippen LogP contribution < -0.4 is 0 Å². The van der Waals surface area contributed by atoms with Gasteiger partial charge in [0, 0.05) is 11.3 Å². The van der Waals surface area contributed by atoms with E-state index in [0.29, 0.717) is 18.6 Å². The topological polar surface area (TPSA) is 43.4 Å². The first-order valence-electron chi connectivity index (χ1n) is 5.47. The number of esters is 1. The number of Topliss-reactive ketones (excluding diaryl/α,β-unsaturated/α-hetero) is 1. The molecule has 0 unspecified atom stereocenters. The molecule has 1 aromatic heterocycles. The van der Waals surface area contributed by atoms with Gasteiger partial charge < -0.3 is 4.74 Å². The highest BCUT2D eigenvalue weighted by Crippen LogP contribution is 2.34. The second kappa shape index (κ2) is 4.37. The molecule has 1 heterocycles. The first-order valence-corrected chi connectivity index (χ1v) is 6.29. The predicted molar refractivity (Wildman–Crippen MR) is 62.3 cm³/mol. The minimum atomic E-state index is -0.285. The van der Waals surface area contributed by atoms with Crippen LogP contribution in [-0.4, -0.2) is 18.4 Å². The second-order valence-electron chi connectivity index (χ2n) is 3.84. The van der Waals surface area contributed by atoms with Crippen molar-refractivity contribution in [2.24, 2.45) is 0 Å². The molecule has 4 heteroatoms. The van der Waals surface area contributed by atoms with Gasteiger partial charge in [0.2, 0.25) is 0 Å². The molecule has 0 atom stereocenters. The van der Waals surface area contributed by atoms with Crippen LogP contribution in [0, 0.1) is 6.92 Å². The number of ketones is 1. The number of carbonyl (C=O) groups excluding carboxylic acids is 2. The fourth-order valence-electron chi connectivity index (χ4n) is 2.06. The van der Waals surface area contributed by atoms with Crippen molar-refractivity contribution in [2.45, 2.75) is 33.1 Å². The van der Waals surface area contributed by atoms with E-state index >= 15 is 0 Å². The van der Waals surface area contributed by atoms with E-state index in [1.165, 1.54) is 11.3 Å². The number of rotatable bonds is 2. The van der Waals surface area contributed by atoms with E-state index < -0.39 is 0 Å². The Kier molecular flexibility index (Phi) is 3.10. The quantitative estimate of drug-likeness (QED) is 0.744. The van der Waals surface area contributed by atoms with E-state index in [4.69, 9.17) is 4.74 Å². The van der Waals surface area contributed by atoms with Crippen molar-refractivity contribution < 1.29 is 14.3 Å². The highest BCUT2D eigenvalue weighted by atomic mass is 32.1. The summed E-state index contributed by atoms with van der Waals surface area (Å²) in [5.41, 5.74) is 1.55. The Balaban J connectivity index is 2.46. The summed E-state index contributed by atoms with van der Waals surface area (Å²) in [6.07, 6.45) is 2.27. The number of hydrogen-bond donors (Lipinski definition) is 0. The monoisotopic (exact) mass is 238 g/mol. The molecular formula is C12H14O3S. The number of fused-ring (bicyclic) bond motifs is 1. The summed E-state index contributed by atoms with van der Waals surface area (Å²) < 4.78 is 5.02. The van der Waals surface area contributed by atoms with Crippen LogP contribution >= 0.6 is 11.3 Å². The van der Waals surface area contributed by atoms with Gasteiger partial charge in [0.25, 0.3) is 0 Å². The van der Waals surface area contributed by atoms with Crippen molar-refractivity contribution in [3.8, 4) is 0 Å². The molecule has 86 valence electrons. The highest BCUT2D eigenvalue weighted by molar-refractivity contribution is 7.14. The van der Waals surface area contributed by atoms with Crippen LogP contribution in [-0.2, 0) is 11.2 Å². The minimum absolute atomic E-state index is 0.171. The molecule has 0 amide bonds. The molecule has 0 N–H and O–H groups in total. The third-order valence-electron chi connectivity index (χ3n) is 2.75. The molecule has 0 aliphatic heterocycles. The number of carbonyl (C=O) groups is 2. The second-order valence-corrected chi connectivity index (χ2v) is 5.06. The third kappa shape index (κ3) is 1.78. The van der Waals surface area contributed by atoms with E-state index in [0.717, 1.165) is 28.2 Å². The lowest BCUT2D eigenvalue weighted by Gasteiger charge is -2.11. The molecule has 0 spiro atoms. The van der Waals surface area contributed by atoms with E-state index in [1.54, 1.807) is 6.92 Å². The third-order valence-corrected chi connectivity index (χ3v) is 3.94. The number of ether oxygens (including phenoxy) is 1. The smallest absolute Gasteiger partial charge is 0.339 e. The number of thiophene rings is 1. The molecule has 0 fully saturated rings. The molecule has 2 rings (SSSR count). The van der Waals surface area contributed by atoms with E-state index in [-0.39, 0.29) is 11.8 Å². The molecule has 0 aromatic carbocycles. The van der Waals surface area contributed by atoms with Gasteiger partial charge in [-0.3, -0.25) is 4.79 Å². The Hall–Kier alpha value is -1.16. The van der Waals surface area contributed by atoms with Gasteiger partial charge in [-0.25, -0.2) is 4.79 Å². The normalized spacial score (nSPS) is 14.8. The number of aryl methyl sites for hydroxylation is 1. The Morgan fingerprint density at radius 1 is 1.44 bits per heavy atom. The van der Waals surface area contributed by atoms with Gasteiger partial charge in [-0.2, -0.15) is 0 Å². The zero-order valence-electron chi connectivity index (χ0n) is 9.46. The lowest BCUT2D eigenvalue weighted by atomic mass is 9.94. The highest BCUT2D eigenvalue weighted by Gasteiger charge is 2.28. The van der Waals surface area contributed by atoms with Crippen molar-refractivity contribution >= 4 is 23.1 Å². The van der Waals surface area contributed by atoms with Gasteiger partial charge in [-0.1, -0.05) is 0 Å². The summed E-state index contributed by atoms with van der Waals surface area (Å²) in [5.74, 6) is -0.114. The van der Waals surface area contributed by atoms with Crippen LogP contribution in [0.15, 0.2) is 0 Å². The first-order chi connectivity index (χ1) is 7.65. The number of hydrogen-bond acceptors (Lipinski definition) is 4. The van der Waals surface area contributed by atoms with Crippen LogP contribution in [0.5, 0.6) is 0 Å². The Morgan fingerprint density at radius 3 is 2.88 bits per heavy atom. The van der Waals surface area contributed by atoms with Gasteiger partial charge in [-0.05, 0) is 32.3 Å². The van der Waals surface area contributed by atoms with Crippen LogP contribution in [0.4, 0.5) is 0 Å². The van der Waals surface area contributed by atoms with Crippen LogP contribution in [0.2, 0.25) is 0 Å². The lowest BCUT2D eigenvalue weighted by Crippen LogP contribution is -2.13. The SMILES string of the molecule is CCOC(=O)c1c(C)sc2c1CCCC2=O. The molecule has 1 aliphatic carbocycles. The van der Waals surface area contributed by atoms with Crippen LogP contribution in [0.3, 0.4) is 0 Å². The maximum absolute atomic E-state index is 11.8. The largest absolute Gasteiger partial charge is 0.462 e. The molecule has 0 radical (unpaired) electrons. The average Bonchev–Trinajstić information content (AvgIpc) is 2.56. The maximum atomic E-state index is 11.8.